The normalized spacial score (nSPS) is 14.4. The first-order valence-electron chi connectivity index (χ1n) is 11.0. The minimum atomic E-state index is -4.86. The van der Waals surface area contributed by atoms with E-state index in [1.54, 1.807) is 0 Å². The van der Waals surface area contributed by atoms with Crippen molar-refractivity contribution in [1.82, 2.24) is 15.5 Å². The van der Waals surface area contributed by atoms with E-state index in [0.29, 0.717) is 12.7 Å². The molecule has 35 heavy (non-hydrogen) atoms. The Balaban J connectivity index is 2.20. The van der Waals surface area contributed by atoms with Crippen LogP contribution in [-0.4, -0.2) is 37.1 Å². The molecule has 2 aromatic rings. The zero-order valence-corrected chi connectivity index (χ0v) is 22.5. The zero-order chi connectivity index (χ0) is 26.8. The molecule has 12 heteroatoms. The number of anilines is 1. The monoisotopic (exact) mass is 534 g/mol. The predicted molar refractivity (Wildman–Crippen MR) is 131 cm³/mol. The number of aromatic nitrogens is 2. The number of benzene rings is 1. The molecule has 0 fully saturated rings. The molecule has 2 atom stereocenters. The van der Waals surface area contributed by atoms with Crippen molar-refractivity contribution in [3.63, 3.8) is 0 Å². The minimum Gasteiger partial charge on any atom is -0.415 e. The van der Waals surface area contributed by atoms with Crippen LogP contribution < -0.4 is 10.6 Å². The highest BCUT2D eigenvalue weighted by molar-refractivity contribution is 6.74. The molecule has 0 aliphatic carbocycles. The molecule has 0 saturated heterocycles. The van der Waals surface area contributed by atoms with E-state index in [2.05, 4.69) is 54.7 Å². The summed E-state index contributed by atoms with van der Waals surface area (Å²) in [5.74, 6) is -2.02. The maximum absolute atomic E-state index is 14.5. The van der Waals surface area contributed by atoms with Gasteiger partial charge in [0.15, 0.2) is 19.3 Å². The standard InChI is InChI=1S/C23H31ClF4N4O2Si/c1-13(12-34-35(6,7)22(3,4)5)29-20-16(11-18(24)31-32-20)21(33)30-14(2)15-9-8-10-17(19(15)25)23(26,27)28/h8-11,13-14H,12H2,1-7H3,(H,29,32)(H,30,33)/t13-,14-/m1/s1. The Morgan fingerprint density at radius 1 is 1.17 bits per heavy atom. The quantitative estimate of drug-likeness (QED) is 0.295. The molecule has 0 spiro atoms. The summed E-state index contributed by atoms with van der Waals surface area (Å²) in [5, 5.41) is 13.3. The van der Waals surface area contributed by atoms with Gasteiger partial charge in [0, 0.05) is 11.6 Å². The summed E-state index contributed by atoms with van der Waals surface area (Å²) in [7, 11) is -2.00. The summed E-state index contributed by atoms with van der Waals surface area (Å²) in [6, 6.07) is 2.89. The summed E-state index contributed by atoms with van der Waals surface area (Å²) in [6.45, 7) is 14.2. The highest BCUT2D eigenvalue weighted by atomic mass is 35.5. The van der Waals surface area contributed by atoms with Gasteiger partial charge in [-0.1, -0.05) is 44.5 Å². The van der Waals surface area contributed by atoms with Crippen LogP contribution in [0.4, 0.5) is 23.4 Å². The van der Waals surface area contributed by atoms with Crippen molar-refractivity contribution in [2.45, 2.75) is 71.0 Å². The van der Waals surface area contributed by atoms with Crippen molar-refractivity contribution < 1.29 is 26.8 Å². The smallest absolute Gasteiger partial charge is 0.415 e. The van der Waals surface area contributed by atoms with Gasteiger partial charge in [0.1, 0.15) is 5.82 Å². The van der Waals surface area contributed by atoms with Crippen molar-refractivity contribution >= 4 is 31.6 Å². The van der Waals surface area contributed by atoms with Gasteiger partial charge >= 0.3 is 6.18 Å². The second-order valence-corrected chi connectivity index (χ2v) is 15.1. The summed E-state index contributed by atoms with van der Waals surface area (Å²) >= 11 is 5.93. The number of hydrogen-bond acceptors (Lipinski definition) is 5. The molecule has 0 unspecified atom stereocenters. The lowest BCUT2D eigenvalue weighted by atomic mass is 10.0. The Bertz CT molecular complexity index is 1060. The molecule has 1 heterocycles. The van der Waals surface area contributed by atoms with Crippen LogP contribution in [0.2, 0.25) is 23.3 Å². The van der Waals surface area contributed by atoms with Gasteiger partial charge in [-0.15, -0.1) is 10.2 Å². The molecule has 1 amide bonds. The number of amides is 1. The molecule has 1 aromatic carbocycles. The first-order chi connectivity index (χ1) is 15.9. The van der Waals surface area contributed by atoms with Crippen molar-refractivity contribution in [3.05, 3.63) is 51.9 Å². The molecule has 0 aliphatic rings. The summed E-state index contributed by atoms with van der Waals surface area (Å²) in [5.41, 5.74) is -1.68. The molecular weight excluding hydrogens is 504 g/mol. The maximum Gasteiger partial charge on any atom is 0.419 e. The van der Waals surface area contributed by atoms with E-state index in [-0.39, 0.29) is 33.2 Å². The van der Waals surface area contributed by atoms with E-state index in [4.69, 9.17) is 16.0 Å². The lowest BCUT2D eigenvalue weighted by Crippen LogP contribution is -2.43. The second kappa shape index (κ2) is 10.8. The van der Waals surface area contributed by atoms with Crippen LogP contribution in [0.25, 0.3) is 0 Å². The van der Waals surface area contributed by atoms with Gasteiger partial charge in [0.05, 0.1) is 23.8 Å². The third kappa shape index (κ3) is 7.37. The lowest BCUT2D eigenvalue weighted by Gasteiger charge is -2.37. The summed E-state index contributed by atoms with van der Waals surface area (Å²) in [4.78, 5) is 13.0. The minimum absolute atomic E-state index is 0.0170. The predicted octanol–water partition coefficient (Wildman–Crippen LogP) is 6.60. The molecule has 1 aromatic heterocycles. The number of nitrogens with one attached hydrogen (secondary N) is 2. The molecule has 0 bridgehead atoms. The zero-order valence-electron chi connectivity index (χ0n) is 20.8. The van der Waals surface area contributed by atoms with Crippen LogP contribution in [0.1, 0.15) is 62.1 Å². The van der Waals surface area contributed by atoms with Crippen LogP contribution in [0.3, 0.4) is 0 Å². The average molecular weight is 535 g/mol. The molecule has 0 radical (unpaired) electrons. The topological polar surface area (TPSA) is 76.1 Å². The Labute approximate surface area is 208 Å². The first kappa shape index (κ1) is 29.0. The molecule has 2 N–H and O–H groups in total. The molecule has 0 saturated carbocycles. The third-order valence-corrected chi connectivity index (χ3v) is 10.7. The Morgan fingerprint density at radius 2 is 1.80 bits per heavy atom. The Morgan fingerprint density at radius 3 is 2.37 bits per heavy atom. The van der Waals surface area contributed by atoms with E-state index < -0.39 is 37.8 Å². The first-order valence-corrected chi connectivity index (χ1v) is 14.3. The molecule has 2 rings (SSSR count). The van der Waals surface area contributed by atoms with Crippen LogP contribution in [0, 0.1) is 5.82 Å². The number of hydrogen-bond donors (Lipinski definition) is 2. The molecule has 194 valence electrons. The van der Waals surface area contributed by atoms with Gasteiger partial charge in [-0.25, -0.2) is 4.39 Å². The van der Waals surface area contributed by atoms with Gasteiger partial charge in [0.2, 0.25) is 0 Å². The van der Waals surface area contributed by atoms with Gasteiger partial charge in [-0.05, 0) is 44.1 Å². The van der Waals surface area contributed by atoms with E-state index in [1.165, 1.54) is 19.1 Å². The van der Waals surface area contributed by atoms with E-state index in [1.807, 2.05) is 6.92 Å². The largest absolute Gasteiger partial charge is 0.419 e. The van der Waals surface area contributed by atoms with Gasteiger partial charge in [-0.2, -0.15) is 13.2 Å². The van der Waals surface area contributed by atoms with Gasteiger partial charge < -0.3 is 15.1 Å². The Hall–Kier alpha value is -2.24. The van der Waals surface area contributed by atoms with Gasteiger partial charge in [0.25, 0.3) is 5.91 Å². The number of carbonyl (C=O) groups excluding carboxylic acids is 1. The molecule has 6 nitrogen and oxygen atoms in total. The number of rotatable bonds is 8. The average Bonchev–Trinajstić information content (AvgIpc) is 2.72. The third-order valence-electron chi connectivity index (χ3n) is 6.04. The van der Waals surface area contributed by atoms with Crippen LogP contribution in [-0.2, 0) is 10.6 Å². The number of carbonyl (C=O) groups is 1. The van der Waals surface area contributed by atoms with Crippen LogP contribution in [0.5, 0.6) is 0 Å². The van der Waals surface area contributed by atoms with E-state index in [9.17, 15) is 22.4 Å². The lowest BCUT2D eigenvalue weighted by molar-refractivity contribution is -0.140. The fraction of sp³-hybridized carbons (Fsp3) is 0.522. The fourth-order valence-electron chi connectivity index (χ4n) is 2.93. The maximum atomic E-state index is 14.5. The summed E-state index contributed by atoms with van der Waals surface area (Å²) < 4.78 is 59.9. The van der Waals surface area contributed by atoms with Crippen molar-refractivity contribution in [2.24, 2.45) is 0 Å². The second-order valence-electron chi connectivity index (χ2n) is 9.95. The van der Waals surface area contributed by atoms with Crippen molar-refractivity contribution in [3.8, 4) is 0 Å². The van der Waals surface area contributed by atoms with E-state index in [0.717, 1.165) is 6.07 Å². The number of halogens is 5. The Kier molecular flexibility index (Phi) is 8.94. The SMILES string of the molecule is C[C@H](CO[Si](C)(C)C(C)(C)C)Nc1nnc(Cl)cc1C(=O)N[C@H](C)c1cccc(C(F)(F)F)c1F. The summed E-state index contributed by atoms with van der Waals surface area (Å²) in [6.07, 6.45) is -4.86. The van der Waals surface area contributed by atoms with Crippen LogP contribution >= 0.6 is 11.6 Å². The highest BCUT2D eigenvalue weighted by Gasteiger charge is 2.38. The van der Waals surface area contributed by atoms with Crippen molar-refractivity contribution in [1.29, 1.82) is 0 Å². The fourth-order valence-corrected chi connectivity index (χ4v) is 4.17. The van der Waals surface area contributed by atoms with Gasteiger partial charge in [-0.3, -0.25) is 4.79 Å². The molecule has 0 aliphatic heterocycles. The molecular formula is C23H31ClF4N4O2Si. The van der Waals surface area contributed by atoms with Crippen LogP contribution in [0.15, 0.2) is 24.3 Å². The number of nitrogens with zero attached hydrogens (tertiary/aromatic N) is 2. The highest BCUT2D eigenvalue weighted by Crippen LogP contribution is 2.37. The number of alkyl halides is 3. The van der Waals surface area contributed by atoms with Crippen molar-refractivity contribution in [2.75, 3.05) is 11.9 Å². The van der Waals surface area contributed by atoms with E-state index >= 15 is 0 Å².